The molecule has 0 aliphatic heterocycles. The summed E-state index contributed by atoms with van der Waals surface area (Å²) in [7, 11) is 0. The van der Waals surface area contributed by atoms with E-state index in [-0.39, 0.29) is 24.4 Å². The largest absolute Gasteiger partial charge is 0.396 e. The molecule has 0 spiro atoms. The molecule has 2 N–H and O–H groups in total. The van der Waals surface area contributed by atoms with Gasteiger partial charge in [0, 0.05) is 17.9 Å². The van der Waals surface area contributed by atoms with Crippen LogP contribution >= 0.6 is 11.3 Å². The summed E-state index contributed by atoms with van der Waals surface area (Å²) in [5.74, 6) is -0.357. The van der Waals surface area contributed by atoms with Crippen LogP contribution < -0.4 is 5.32 Å². The van der Waals surface area contributed by atoms with Gasteiger partial charge in [0.2, 0.25) is 5.91 Å². The molecule has 0 aliphatic rings. The number of halogens is 1. The van der Waals surface area contributed by atoms with Gasteiger partial charge in [-0.05, 0) is 42.0 Å². The fraction of sp³-hybridized carbons (Fsp3) is 0.312. The van der Waals surface area contributed by atoms with Crippen molar-refractivity contribution in [2.24, 2.45) is 0 Å². The summed E-state index contributed by atoms with van der Waals surface area (Å²) >= 11 is 1.55. The molecule has 1 aromatic heterocycles. The van der Waals surface area contributed by atoms with Gasteiger partial charge in [0.1, 0.15) is 5.82 Å². The molecule has 0 radical (unpaired) electrons. The fourth-order valence-corrected chi connectivity index (χ4v) is 2.86. The Balaban J connectivity index is 2.10. The van der Waals surface area contributed by atoms with Crippen molar-refractivity contribution in [2.75, 3.05) is 6.61 Å². The van der Waals surface area contributed by atoms with Gasteiger partial charge in [0.05, 0.1) is 6.04 Å². The summed E-state index contributed by atoms with van der Waals surface area (Å²) in [6.45, 7) is 0.0968. The van der Waals surface area contributed by atoms with Crippen molar-refractivity contribution in [1.29, 1.82) is 0 Å². The van der Waals surface area contributed by atoms with Crippen LogP contribution in [0.15, 0.2) is 41.8 Å². The molecule has 3 nitrogen and oxygen atoms in total. The lowest BCUT2D eigenvalue weighted by atomic mass is 10.0. The van der Waals surface area contributed by atoms with E-state index >= 15 is 0 Å². The van der Waals surface area contributed by atoms with Gasteiger partial charge in [0.15, 0.2) is 0 Å². The van der Waals surface area contributed by atoms with Crippen molar-refractivity contribution in [1.82, 2.24) is 5.32 Å². The maximum Gasteiger partial charge on any atom is 0.220 e. The van der Waals surface area contributed by atoms with Crippen LogP contribution in [0.1, 0.15) is 35.7 Å². The average Bonchev–Trinajstić information content (AvgIpc) is 3.00. The standard InChI is InChI=1S/C16H18FNO2S/c17-13-8-6-12(7-9-13)16(14-4-3-11-21-14)18-15(20)5-1-2-10-19/h3-4,6-9,11,16,19H,1-2,5,10H2,(H,18,20). The zero-order valence-electron chi connectivity index (χ0n) is 11.6. The van der Waals surface area contributed by atoms with E-state index in [0.29, 0.717) is 19.3 Å². The number of thiophene rings is 1. The lowest BCUT2D eigenvalue weighted by molar-refractivity contribution is -0.121. The van der Waals surface area contributed by atoms with Crippen LogP contribution in [-0.2, 0) is 4.79 Å². The summed E-state index contributed by atoms with van der Waals surface area (Å²) in [4.78, 5) is 13.0. The Kier molecular flexibility index (Phi) is 5.90. The first-order valence-electron chi connectivity index (χ1n) is 6.90. The predicted molar refractivity (Wildman–Crippen MR) is 81.6 cm³/mol. The fourth-order valence-electron chi connectivity index (χ4n) is 2.06. The van der Waals surface area contributed by atoms with Crippen LogP contribution in [0.2, 0.25) is 0 Å². The first-order chi connectivity index (χ1) is 10.2. The number of amides is 1. The van der Waals surface area contributed by atoms with E-state index in [2.05, 4.69) is 5.32 Å². The van der Waals surface area contributed by atoms with Crippen molar-refractivity contribution in [3.8, 4) is 0 Å². The van der Waals surface area contributed by atoms with Gasteiger partial charge >= 0.3 is 0 Å². The highest BCUT2D eigenvalue weighted by molar-refractivity contribution is 7.10. The van der Waals surface area contributed by atoms with Crippen LogP contribution in [0.25, 0.3) is 0 Å². The Morgan fingerprint density at radius 3 is 2.62 bits per heavy atom. The normalized spacial score (nSPS) is 12.1. The van der Waals surface area contributed by atoms with Crippen molar-refractivity contribution in [2.45, 2.75) is 25.3 Å². The van der Waals surface area contributed by atoms with E-state index in [0.717, 1.165) is 10.4 Å². The number of benzene rings is 1. The number of hydrogen-bond donors (Lipinski definition) is 2. The Labute approximate surface area is 127 Å². The van der Waals surface area contributed by atoms with Crippen molar-refractivity contribution in [3.63, 3.8) is 0 Å². The van der Waals surface area contributed by atoms with Crippen LogP contribution in [0.3, 0.4) is 0 Å². The molecule has 1 aromatic carbocycles. The van der Waals surface area contributed by atoms with E-state index in [1.54, 1.807) is 23.5 Å². The van der Waals surface area contributed by atoms with Gasteiger partial charge in [-0.25, -0.2) is 4.39 Å². The van der Waals surface area contributed by atoms with E-state index in [9.17, 15) is 9.18 Å². The van der Waals surface area contributed by atoms with Crippen LogP contribution in [0.4, 0.5) is 4.39 Å². The molecule has 21 heavy (non-hydrogen) atoms. The maximum absolute atomic E-state index is 13.1. The van der Waals surface area contributed by atoms with Crippen LogP contribution in [-0.4, -0.2) is 17.6 Å². The Morgan fingerprint density at radius 2 is 2.00 bits per heavy atom. The molecule has 0 saturated heterocycles. The number of aliphatic hydroxyl groups is 1. The minimum absolute atomic E-state index is 0.0637. The molecule has 0 bridgehead atoms. The lowest BCUT2D eigenvalue weighted by Crippen LogP contribution is -2.28. The molecule has 1 amide bonds. The number of hydrogen-bond acceptors (Lipinski definition) is 3. The lowest BCUT2D eigenvalue weighted by Gasteiger charge is -2.18. The topological polar surface area (TPSA) is 49.3 Å². The number of rotatable bonds is 7. The molecule has 0 aliphatic carbocycles. The number of carbonyl (C=O) groups is 1. The second-order valence-electron chi connectivity index (χ2n) is 4.75. The summed E-state index contributed by atoms with van der Waals surface area (Å²) in [6.07, 6.45) is 1.65. The second-order valence-corrected chi connectivity index (χ2v) is 5.73. The van der Waals surface area contributed by atoms with Gasteiger partial charge < -0.3 is 10.4 Å². The van der Waals surface area contributed by atoms with Crippen molar-refractivity contribution in [3.05, 3.63) is 58.0 Å². The van der Waals surface area contributed by atoms with Crippen molar-refractivity contribution < 1.29 is 14.3 Å². The Bertz CT molecular complexity index is 554. The van der Waals surface area contributed by atoms with Gasteiger partial charge in [-0.2, -0.15) is 0 Å². The number of aliphatic hydroxyl groups excluding tert-OH is 1. The van der Waals surface area contributed by atoms with Gasteiger partial charge in [0.25, 0.3) is 0 Å². The molecule has 112 valence electrons. The van der Waals surface area contributed by atoms with Crippen LogP contribution in [0, 0.1) is 5.82 Å². The smallest absolute Gasteiger partial charge is 0.220 e. The third-order valence-corrected chi connectivity index (χ3v) is 4.09. The molecule has 5 heteroatoms. The zero-order valence-corrected chi connectivity index (χ0v) is 12.4. The molecular formula is C16H18FNO2S. The van der Waals surface area contributed by atoms with Crippen LogP contribution in [0.5, 0.6) is 0 Å². The number of carbonyl (C=O) groups excluding carboxylic acids is 1. The summed E-state index contributed by atoms with van der Waals surface area (Å²) in [5.41, 5.74) is 0.856. The Hall–Kier alpha value is -1.72. The zero-order chi connectivity index (χ0) is 15.1. The van der Waals surface area contributed by atoms with E-state index in [1.807, 2.05) is 17.5 Å². The van der Waals surface area contributed by atoms with E-state index < -0.39 is 0 Å². The molecule has 2 aromatic rings. The molecule has 1 atom stereocenters. The minimum Gasteiger partial charge on any atom is -0.396 e. The van der Waals surface area contributed by atoms with Gasteiger partial charge in [-0.1, -0.05) is 18.2 Å². The van der Waals surface area contributed by atoms with Gasteiger partial charge in [-0.3, -0.25) is 4.79 Å². The minimum atomic E-state index is -0.294. The third kappa shape index (κ3) is 4.65. The number of nitrogens with one attached hydrogen (secondary N) is 1. The quantitative estimate of drug-likeness (QED) is 0.771. The molecule has 1 heterocycles. The first kappa shape index (κ1) is 15.7. The summed E-state index contributed by atoms with van der Waals surface area (Å²) in [6, 6.07) is 9.79. The first-order valence-corrected chi connectivity index (χ1v) is 7.78. The molecular weight excluding hydrogens is 289 g/mol. The van der Waals surface area contributed by atoms with E-state index in [1.165, 1.54) is 12.1 Å². The number of unbranched alkanes of at least 4 members (excludes halogenated alkanes) is 1. The molecule has 1 unspecified atom stereocenters. The van der Waals surface area contributed by atoms with Gasteiger partial charge in [-0.15, -0.1) is 11.3 Å². The highest BCUT2D eigenvalue weighted by Crippen LogP contribution is 2.26. The van der Waals surface area contributed by atoms with E-state index in [4.69, 9.17) is 5.11 Å². The molecule has 0 saturated carbocycles. The second kappa shape index (κ2) is 7.90. The maximum atomic E-state index is 13.1. The average molecular weight is 307 g/mol. The molecule has 2 rings (SSSR count). The highest BCUT2D eigenvalue weighted by atomic mass is 32.1. The highest BCUT2D eigenvalue weighted by Gasteiger charge is 2.17. The summed E-state index contributed by atoms with van der Waals surface area (Å²) in [5, 5.41) is 13.7. The predicted octanol–water partition coefficient (Wildman–Crippen LogP) is 3.26. The summed E-state index contributed by atoms with van der Waals surface area (Å²) < 4.78 is 13.1. The monoisotopic (exact) mass is 307 g/mol. The third-order valence-electron chi connectivity index (χ3n) is 3.15. The SMILES string of the molecule is O=C(CCCCO)NC(c1ccc(F)cc1)c1cccs1. The Morgan fingerprint density at radius 1 is 1.24 bits per heavy atom. The molecule has 0 fully saturated rings. The van der Waals surface area contributed by atoms with Crippen molar-refractivity contribution >= 4 is 17.2 Å².